The highest BCUT2D eigenvalue weighted by molar-refractivity contribution is 6.02. The Bertz CT molecular complexity index is 886. The lowest BCUT2D eigenvalue weighted by Crippen LogP contribution is -2.24. The van der Waals surface area contributed by atoms with Gasteiger partial charge in [-0.05, 0) is 35.9 Å². The molecule has 2 aromatic rings. The number of carbonyl (C=O) groups is 1. The molecular weight excluding hydrogens is 351 g/mol. The fourth-order valence-electron chi connectivity index (χ4n) is 2.42. The number of halogens is 1. The van der Waals surface area contributed by atoms with E-state index in [4.69, 9.17) is 14.2 Å². The van der Waals surface area contributed by atoms with Crippen molar-refractivity contribution in [3.8, 4) is 23.3 Å². The molecule has 0 fully saturated rings. The van der Waals surface area contributed by atoms with Gasteiger partial charge in [0.25, 0.3) is 5.91 Å². The molecule has 0 aliphatic carbocycles. The average Bonchev–Trinajstić information content (AvgIpc) is 2.70. The van der Waals surface area contributed by atoms with Gasteiger partial charge >= 0.3 is 0 Å². The smallest absolute Gasteiger partial charge is 0.262 e. The van der Waals surface area contributed by atoms with Crippen LogP contribution < -0.4 is 19.5 Å². The number of nitrogens with one attached hydrogen (secondary N) is 1. The van der Waals surface area contributed by atoms with Crippen LogP contribution >= 0.6 is 0 Å². The van der Waals surface area contributed by atoms with Gasteiger partial charge in [-0.25, -0.2) is 4.39 Å². The molecule has 7 heteroatoms. The Morgan fingerprint density at radius 3 is 2.30 bits per heavy atom. The maximum atomic E-state index is 12.9. The summed E-state index contributed by atoms with van der Waals surface area (Å²) in [6, 6.07) is 10.9. The number of ether oxygens (including phenoxy) is 3. The zero-order valence-electron chi connectivity index (χ0n) is 15.2. The van der Waals surface area contributed by atoms with Crippen molar-refractivity contribution in [3.63, 3.8) is 0 Å². The first kappa shape index (κ1) is 19.8. The molecular formula is C20H19FN2O4. The number of hydrogen-bond acceptors (Lipinski definition) is 5. The molecule has 0 radical (unpaired) electrons. The topological polar surface area (TPSA) is 80.6 Å². The molecule has 0 spiro atoms. The fourth-order valence-corrected chi connectivity index (χ4v) is 2.42. The van der Waals surface area contributed by atoms with Gasteiger partial charge in [-0.1, -0.05) is 12.1 Å². The van der Waals surface area contributed by atoms with Gasteiger partial charge in [0.05, 0.1) is 21.3 Å². The summed E-state index contributed by atoms with van der Waals surface area (Å²) >= 11 is 0. The summed E-state index contributed by atoms with van der Waals surface area (Å²) < 4.78 is 28.8. The van der Waals surface area contributed by atoms with E-state index in [1.54, 1.807) is 24.3 Å². The van der Waals surface area contributed by atoms with Crippen molar-refractivity contribution in [1.29, 1.82) is 5.26 Å². The molecule has 2 aromatic carbocycles. The minimum Gasteiger partial charge on any atom is -0.493 e. The van der Waals surface area contributed by atoms with Gasteiger partial charge in [0.15, 0.2) is 11.5 Å². The summed E-state index contributed by atoms with van der Waals surface area (Å²) in [5.74, 6) is 0.251. The van der Waals surface area contributed by atoms with Gasteiger partial charge in [0.1, 0.15) is 17.5 Å². The van der Waals surface area contributed by atoms with Crippen molar-refractivity contribution in [1.82, 2.24) is 5.32 Å². The summed E-state index contributed by atoms with van der Waals surface area (Å²) in [5, 5.41) is 12.0. The van der Waals surface area contributed by atoms with Crippen LogP contribution in [0.4, 0.5) is 4.39 Å². The highest BCUT2D eigenvalue weighted by Gasteiger charge is 2.17. The van der Waals surface area contributed by atoms with Crippen molar-refractivity contribution in [2.75, 3.05) is 21.3 Å². The van der Waals surface area contributed by atoms with Gasteiger partial charge < -0.3 is 19.5 Å². The molecule has 0 saturated carbocycles. The number of hydrogen-bond donors (Lipinski definition) is 1. The number of amides is 1. The molecule has 2 rings (SSSR count). The van der Waals surface area contributed by atoms with E-state index in [2.05, 4.69) is 5.32 Å². The zero-order valence-corrected chi connectivity index (χ0v) is 15.2. The summed E-state index contributed by atoms with van der Waals surface area (Å²) in [5.41, 5.74) is 1.09. The van der Waals surface area contributed by atoms with E-state index in [-0.39, 0.29) is 17.9 Å². The molecule has 27 heavy (non-hydrogen) atoms. The molecule has 0 aliphatic rings. The first-order chi connectivity index (χ1) is 13.0. The molecule has 140 valence electrons. The van der Waals surface area contributed by atoms with Gasteiger partial charge in [-0.2, -0.15) is 5.26 Å². The van der Waals surface area contributed by atoms with Crippen LogP contribution in [-0.4, -0.2) is 27.2 Å². The van der Waals surface area contributed by atoms with E-state index in [9.17, 15) is 14.4 Å². The maximum Gasteiger partial charge on any atom is 0.262 e. The van der Waals surface area contributed by atoms with E-state index in [1.807, 2.05) is 6.07 Å². The Labute approximate surface area is 156 Å². The van der Waals surface area contributed by atoms with E-state index in [1.165, 1.54) is 39.5 Å². The molecule has 0 bridgehead atoms. The van der Waals surface area contributed by atoms with Gasteiger partial charge in [-0.15, -0.1) is 0 Å². The third-order valence-corrected chi connectivity index (χ3v) is 3.77. The molecule has 0 aromatic heterocycles. The highest BCUT2D eigenvalue weighted by Crippen LogP contribution is 2.40. The van der Waals surface area contributed by atoms with Crippen LogP contribution in [0.25, 0.3) is 6.08 Å². The third kappa shape index (κ3) is 4.76. The first-order valence-electron chi connectivity index (χ1n) is 7.97. The summed E-state index contributed by atoms with van der Waals surface area (Å²) in [6.07, 6.45) is 1.40. The number of nitriles is 1. The van der Waals surface area contributed by atoms with Crippen LogP contribution in [0.15, 0.2) is 42.0 Å². The van der Waals surface area contributed by atoms with Crippen LogP contribution in [0, 0.1) is 17.1 Å². The predicted molar refractivity (Wildman–Crippen MR) is 97.9 cm³/mol. The average molecular weight is 370 g/mol. The largest absolute Gasteiger partial charge is 0.493 e. The number of methoxy groups -OCH3 is 3. The predicted octanol–water partition coefficient (Wildman–Crippen LogP) is 3.07. The minimum atomic E-state index is -0.557. The lowest BCUT2D eigenvalue weighted by Gasteiger charge is -2.14. The van der Waals surface area contributed by atoms with Crippen molar-refractivity contribution in [2.24, 2.45) is 0 Å². The summed E-state index contributed by atoms with van der Waals surface area (Å²) in [7, 11) is 4.42. The second-order valence-electron chi connectivity index (χ2n) is 5.40. The van der Waals surface area contributed by atoms with Crippen molar-refractivity contribution >= 4 is 12.0 Å². The summed E-state index contributed by atoms with van der Waals surface area (Å²) in [4.78, 5) is 12.3. The number of benzene rings is 2. The second kappa shape index (κ2) is 9.25. The number of nitrogens with zero attached hydrogens (tertiary/aromatic N) is 1. The van der Waals surface area contributed by atoms with Crippen molar-refractivity contribution < 1.29 is 23.4 Å². The van der Waals surface area contributed by atoms with Gasteiger partial charge in [0, 0.05) is 12.1 Å². The molecule has 0 aliphatic heterocycles. The molecule has 0 unspecified atom stereocenters. The lowest BCUT2D eigenvalue weighted by molar-refractivity contribution is -0.117. The van der Waals surface area contributed by atoms with Crippen molar-refractivity contribution in [2.45, 2.75) is 6.54 Å². The SMILES string of the molecule is COc1ccc(/C=C(\C#N)C(=O)NCc2ccc(F)cc2)c(OC)c1OC. The maximum absolute atomic E-state index is 12.9. The van der Waals surface area contributed by atoms with Crippen LogP contribution in [0.1, 0.15) is 11.1 Å². The van der Waals surface area contributed by atoms with E-state index in [0.29, 0.717) is 28.4 Å². The highest BCUT2D eigenvalue weighted by atomic mass is 19.1. The van der Waals surface area contributed by atoms with Gasteiger partial charge in [-0.3, -0.25) is 4.79 Å². The minimum absolute atomic E-state index is 0.109. The lowest BCUT2D eigenvalue weighted by atomic mass is 10.1. The van der Waals surface area contributed by atoms with Crippen LogP contribution in [0.5, 0.6) is 17.2 Å². The Morgan fingerprint density at radius 1 is 1.07 bits per heavy atom. The monoisotopic (exact) mass is 370 g/mol. The van der Waals surface area contributed by atoms with E-state index in [0.717, 1.165) is 0 Å². The zero-order chi connectivity index (χ0) is 19.8. The van der Waals surface area contributed by atoms with Gasteiger partial charge in [0.2, 0.25) is 5.75 Å². The quantitative estimate of drug-likeness (QED) is 0.598. The normalized spacial score (nSPS) is 10.7. The molecule has 1 N–H and O–H groups in total. The van der Waals surface area contributed by atoms with Crippen LogP contribution in [0.2, 0.25) is 0 Å². The second-order valence-corrected chi connectivity index (χ2v) is 5.40. The molecule has 0 atom stereocenters. The van der Waals surface area contributed by atoms with E-state index < -0.39 is 5.91 Å². The molecule has 0 heterocycles. The standard InChI is InChI=1S/C20H19FN2O4/c1-25-17-9-6-14(18(26-2)19(17)27-3)10-15(11-22)20(24)23-12-13-4-7-16(21)8-5-13/h4-10H,12H2,1-3H3,(H,23,24)/b15-10+. The Hall–Kier alpha value is -3.53. The Balaban J connectivity index is 2.25. The molecule has 0 saturated heterocycles. The molecule has 1 amide bonds. The summed E-state index contributed by atoms with van der Waals surface area (Å²) in [6.45, 7) is 0.168. The Kier molecular flexibility index (Phi) is 6.78. The number of carbonyl (C=O) groups excluding carboxylic acids is 1. The molecule has 6 nitrogen and oxygen atoms in total. The van der Waals surface area contributed by atoms with Crippen molar-refractivity contribution in [3.05, 3.63) is 58.9 Å². The Morgan fingerprint density at radius 2 is 1.74 bits per heavy atom. The third-order valence-electron chi connectivity index (χ3n) is 3.77. The van der Waals surface area contributed by atoms with Crippen LogP contribution in [0.3, 0.4) is 0 Å². The first-order valence-corrected chi connectivity index (χ1v) is 7.97. The van der Waals surface area contributed by atoms with E-state index >= 15 is 0 Å². The van der Waals surface area contributed by atoms with Crippen LogP contribution in [-0.2, 0) is 11.3 Å². The fraction of sp³-hybridized carbons (Fsp3) is 0.200. The number of rotatable bonds is 7.